The summed E-state index contributed by atoms with van der Waals surface area (Å²) in [5.41, 5.74) is 6.19. The summed E-state index contributed by atoms with van der Waals surface area (Å²) in [4.78, 5) is 8.82. The molecule has 3 heterocycles. The summed E-state index contributed by atoms with van der Waals surface area (Å²) in [5, 5.41) is 9.07. The SMILES string of the molecule is Cc1csc2c(Nc3cccc4c3CCNC4)ncnc12. The van der Waals surface area contributed by atoms with Gasteiger partial charge in [-0.05, 0) is 48.0 Å². The van der Waals surface area contributed by atoms with E-state index in [1.165, 1.54) is 22.4 Å². The fraction of sp³-hybridized carbons (Fsp3) is 0.250. The Morgan fingerprint density at radius 2 is 2.24 bits per heavy atom. The van der Waals surface area contributed by atoms with Crippen molar-refractivity contribution >= 4 is 33.1 Å². The Bertz CT molecular complexity index is 809. The Morgan fingerprint density at radius 1 is 1.29 bits per heavy atom. The number of fused-ring (bicyclic) bond motifs is 2. The number of rotatable bonds is 2. The van der Waals surface area contributed by atoms with Gasteiger partial charge in [-0.2, -0.15) is 0 Å². The average Bonchev–Trinajstić information content (AvgIpc) is 2.90. The molecule has 21 heavy (non-hydrogen) atoms. The second-order valence-corrected chi connectivity index (χ2v) is 6.19. The minimum atomic E-state index is 0.907. The summed E-state index contributed by atoms with van der Waals surface area (Å²) in [6, 6.07) is 6.43. The minimum absolute atomic E-state index is 0.907. The maximum Gasteiger partial charge on any atom is 0.151 e. The van der Waals surface area contributed by atoms with E-state index in [9.17, 15) is 0 Å². The number of anilines is 2. The number of nitrogens with zero attached hydrogens (tertiary/aromatic N) is 2. The van der Waals surface area contributed by atoms with Gasteiger partial charge in [0.15, 0.2) is 5.82 Å². The maximum absolute atomic E-state index is 4.44. The van der Waals surface area contributed by atoms with Crippen LogP contribution in [0.2, 0.25) is 0 Å². The third-order valence-corrected chi connectivity index (χ3v) is 5.02. The lowest BCUT2D eigenvalue weighted by Crippen LogP contribution is -2.24. The van der Waals surface area contributed by atoms with E-state index in [1.54, 1.807) is 17.7 Å². The molecule has 106 valence electrons. The van der Waals surface area contributed by atoms with E-state index in [2.05, 4.69) is 51.1 Å². The molecule has 0 aliphatic carbocycles. The summed E-state index contributed by atoms with van der Waals surface area (Å²) < 4.78 is 1.13. The molecule has 5 heteroatoms. The number of thiophene rings is 1. The molecule has 3 aromatic rings. The zero-order valence-electron chi connectivity index (χ0n) is 11.8. The molecule has 4 nitrogen and oxygen atoms in total. The number of aryl methyl sites for hydroxylation is 1. The smallest absolute Gasteiger partial charge is 0.151 e. The molecule has 1 aliphatic rings. The maximum atomic E-state index is 4.44. The van der Waals surface area contributed by atoms with Gasteiger partial charge in [-0.25, -0.2) is 9.97 Å². The molecular weight excluding hydrogens is 280 g/mol. The van der Waals surface area contributed by atoms with Crippen LogP contribution in [-0.2, 0) is 13.0 Å². The van der Waals surface area contributed by atoms with E-state index in [0.717, 1.165) is 35.5 Å². The lowest BCUT2D eigenvalue weighted by molar-refractivity contribution is 0.645. The van der Waals surface area contributed by atoms with Crippen molar-refractivity contribution in [2.45, 2.75) is 19.9 Å². The number of nitrogens with one attached hydrogen (secondary N) is 2. The molecule has 1 aromatic carbocycles. The van der Waals surface area contributed by atoms with Gasteiger partial charge in [0.05, 0.1) is 10.2 Å². The van der Waals surface area contributed by atoms with Crippen LogP contribution in [-0.4, -0.2) is 16.5 Å². The second kappa shape index (κ2) is 5.09. The van der Waals surface area contributed by atoms with E-state index < -0.39 is 0 Å². The van der Waals surface area contributed by atoms with Crippen LogP contribution in [0.5, 0.6) is 0 Å². The van der Waals surface area contributed by atoms with Crippen LogP contribution in [0, 0.1) is 6.92 Å². The van der Waals surface area contributed by atoms with Crippen LogP contribution in [0.4, 0.5) is 11.5 Å². The van der Waals surface area contributed by atoms with Gasteiger partial charge < -0.3 is 10.6 Å². The third-order valence-electron chi connectivity index (χ3n) is 3.92. The molecule has 0 atom stereocenters. The average molecular weight is 296 g/mol. The summed E-state index contributed by atoms with van der Waals surface area (Å²) in [5.74, 6) is 0.907. The van der Waals surface area contributed by atoms with Crippen molar-refractivity contribution in [3.05, 3.63) is 46.6 Å². The third kappa shape index (κ3) is 2.18. The van der Waals surface area contributed by atoms with Gasteiger partial charge in [-0.3, -0.25) is 0 Å². The van der Waals surface area contributed by atoms with Gasteiger partial charge in [0.25, 0.3) is 0 Å². The molecule has 0 bridgehead atoms. The predicted molar refractivity (Wildman–Crippen MR) is 87.3 cm³/mol. The fourth-order valence-corrected chi connectivity index (χ4v) is 3.78. The van der Waals surface area contributed by atoms with Gasteiger partial charge in [-0.15, -0.1) is 11.3 Å². The molecule has 0 radical (unpaired) electrons. The summed E-state index contributed by atoms with van der Waals surface area (Å²) in [7, 11) is 0. The van der Waals surface area contributed by atoms with E-state index in [-0.39, 0.29) is 0 Å². The van der Waals surface area contributed by atoms with Crippen LogP contribution >= 0.6 is 11.3 Å². The Hall–Kier alpha value is -1.98. The molecule has 0 spiro atoms. The minimum Gasteiger partial charge on any atom is -0.339 e. The number of hydrogen-bond donors (Lipinski definition) is 2. The zero-order valence-corrected chi connectivity index (χ0v) is 12.6. The van der Waals surface area contributed by atoms with Crippen molar-refractivity contribution in [1.82, 2.24) is 15.3 Å². The van der Waals surface area contributed by atoms with Crippen LogP contribution in [0.3, 0.4) is 0 Å². The number of aromatic nitrogens is 2. The number of hydrogen-bond acceptors (Lipinski definition) is 5. The fourth-order valence-electron chi connectivity index (χ4n) is 2.84. The Balaban J connectivity index is 1.78. The lowest BCUT2D eigenvalue weighted by Gasteiger charge is -2.20. The highest BCUT2D eigenvalue weighted by Crippen LogP contribution is 2.32. The van der Waals surface area contributed by atoms with Crippen LogP contribution in [0.1, 0.15) is 16.7 Å². The topological polar surface area (TPSA) is 49.8 Å². The molecule has 2 aromatic heterocycles. The monoisotopic (exact) mass is 296 g/mol. The van der Waals surface area contributed by atoms with Crippen LogP contribution in [0.15, 0.2) is 29.9 Å². The van der Waals surface area contributed by atoms with Gasteiger partial charge in [-0.1, -0.05) is 12.1 Å². The zero-order chi connectivity index (χ0) is 14.2. The van der Waals surface area contributed by atoms with Crippen molar-refractivity contribution in [3.8, 4) is 0 Å². The first-order valence-corrected chi connectivity index (χ1v) is 7.98. The van der Waals surface area contributed by atoms with Crippen LogP contribution < -0.4 is 10.6 Å². The lowest BCUT2D eigenvalue weighted by atomic mass is 9.99. The summed E-state index contributed by atoms with van der Waals surface area (Å²) >= 11 is 1.70. The normalized spacial score (nSPS) is 14.1. The summed E-state index contributed by atoms with van der Waals surface area (Å²) in [6.45, 7) is 4.07. The first-order valence-electron chi connectivity index (χ1n) is 7.10. The molecule has 0 fully saturated rings. The quantitative estimate of drug-likeness (QED) is 0.761. The Morgan fingerprint density at radius 3 is 3.19 bits per heavy atom. The molecule has 0 saturated heterocycles. The van der Waals surface area contributed by atoms with Gasteiger partial charge in [0.2, 0.25) is 0 Å². The highest BCUT2D eigenvalue weighted by Gasteiger charge is 2.14. The first kappa shape index (κ1) is 12.7. The first-order chi connectivity index (χ1) is 10.3. The van der Waals surface area contributed by atoms with E-state index in [4.69, 9.17) is 0 Å². The highest BCUT2D eigenvalue weighted by atomic mass is 32.1. The molecule has 0 saturated carbocycles. The Kier molecular flexibility index (Phi) is 3.09. The van der Waals surface area contributed by atoms with Crippen LogP contribution in [0.25, 0.3) is 10.2 Å². The predicted octanol–water partition coefficient (Wildman–Crippen LogP) is 3.39. The second-order valence-electron chi connectivity index (χ2n) is 5.31. The Labute approximate surface area is 127 Å². The largest absolute Gasteiger partial charge is 0.339 e. The highest BCUT2D eigenvalue weighted by molar-refractivity contribution is 7.18. The molecule has 2 N–H and O–H groups in total. The van der Waals surface area contributed by atoms with Gasteiger partial charge >= 0.3 is 0 Å². The van der Waals surface area contributed by atoms with Crippen molar-refractivity contribution in [2.75, 3.05) is 11.9 Å². The molecule has 0 amide bonds. The van der Waals surface area contributed by atoms with E-state index >= 15 is 0 Å². The van der Waals surface area contributed by atoms with Crippen molar-refractivity contribution in [1.29, 1.82) is 0 Å². The molecule has 4 rings (SSSR count). The van der Waals surface area contributed by atoms with Gasteiger partial charge in [0.1, 0.15) is 6.33 Å². The van der Waals surface area contributed by atoms with E-state index in [1.807, 2.05) is 0 Å². The van der Waals surface area contributed by atoms with E-state index in [0.29, 0.717) is 0 Å². The van der Waals surface area contributed by atoms with Gasteiger partial charge in [0, 0.05) is 12.2 Å². The molecular formula is C16H16N4S. The molecule has 0 unspecified atom stereocenters. The molecule has 1 aliphatic heterocycles. The van der Waals surface area contributed by atoms with Crippen molar-refractivity contribution in [2.24, 2.45) is 0 Å². The summed E-state index contributed by atoms with van der Waals surface area (Å²) in [6.07, 6.45) is 2.69. The van der Waals surface area contributed by atoms with Crippen molar-refractivity contribution in [3.63, 3.8) is 0 Å². The number of benzene rings is 1. The van der Waals surface area contributed by atoms with Crippen molar-refractivity contribution < 1.29 is 0 Å². The standard InChI is InChI=1S/C16H16N4S/c1-10-8-21-15-14(10)18-9-19-16(15)20-13-4-2-3-11-7-17-6-5-12(11)13/h2-4,8-9,17H,5-7H2,1H3,(H,18,19,20).